The zero-order valence-corrected chi connectivity index (χ0v) is 20.5. The Morgan fingerprint density at radius 3 is 1.89 bits per heavy atom. The second-order valence-corrected chi connectivity index (χ2v) is 41.5. The van der Waals surface area contributed by atoms with Gasteiger partial charge in [-0.1, -0.05) is 0 Å². The van der Waals surface area contributed by atoms with Crippen molar-refractivity contribution in [2.75, 3.05) is 0 Å². The summed E-state index contributed by atoms with van der Waals surface area (Å²) in [4.78, 5) is 15.1. The van der Waals surface area contributed by atoms with E-state index >= 15 is 0 Å². The van der Waals surface area contributed by atoms with Crippen LogP contribution in [0.2, 0.25) is 29.6 Å². The van der Waals surface area contributed by atoms with Crippen LogP contribution in [0.3, 0.4) is 0 Å². The van der Waals surface area contributed by atoms with Gasteiger partial charge in [-0.15, -0.1) is 0 Å². The third kappa shape index (κ3) is 2.79. The van der Waals surface area contributed by atoms with Gasteiger partial charge in [0.2, 0.25) is 0 Å². The Bertz CT molecular complexity index is 684. The van der Waals surface area contributed by atoms with Crippen LogP contribution in [0.1, 0.15) is 0 Å². The number of thiophene rings is 3. The van der Waals surface area contributed by atoms with Crippen LogP contribution in [0.15, 0.2) is 12.1 Å². The topological polar surface area (TPSA) is 0 Å². The average molecular weight is 522 g/mol. The average Bonchev–Trinajstić information content (AvgIpc) is 2.81. The molecular formula is C14H20S3Sn2. The van der Waals surface area contributed by atoms with Crippen LogP contribution in [0.4, 0.5) is 0 Å². The summed E-state index contributed by atoms with van der Waals surface area (Å²) in [5.74, 6) is 0. The molecule has 3 rings (SSSR count). The maximum atomic E-state index is 2.54. The predicted octanol–water partition coefficient (Wildman–Crippen LogP) is 5.27. The number of fused-ring (bicyclic) bond motifs is 3. The van der Waals surface area contributed by atoms with Gasteiger partial charge in [-0.2, -0.15) is 0 Å². The zero-order valence-electron chi connectivity index (χ0n) is 12.4. The van der Waals surface area contributed by atoms with Crippen molar-refractivity contribution in [2.24, 2.45) is 0 Å². The summed E-state index contributed by atoms with van der Waals surface area (Å²) in [6.07, 6.45) is 0. The second kappa shape index (κ2) is 4.86. The Hall–Kier alpha value is 1.22. The van der Waals surface area contributed by atoms with Gasteiger partial charge < -0.3 is 0 Å². The molecule has 19 heavy (non-hydrogen) atoms. The normalized spacial score (nSPS) is 13.8. The molecule has 3 aromatic rings. The van der Waals surface area contributed by atoms with E-state index in [0.29, 0.717) is 0 Å². The summed E-state index contributed by atoms with van der Waals surface area (Å²) in [7, 11) is 0. The Kier molecular flexibility index (Phi) is 3.87. The van der Waals surface area contributed by atoms with Crippen molar-refractivity contribution in [2.45, 2.75) is 29.6 Å². The van der Waals surface area contributed by atoms with Gasteiger partial charge in [0.05, 0.1) is 0 Å². The van der Waals surface area contributed by atoms with E-state index in [1.165, 1.54) is 0 Å². The molecule has 0 saturated heterocycles. The molecule has 0 unspecified atom stereocenters. The second-order valence-electron chi connectivity index (χ2n) is 7.22. The van der Waals surface area contributed by atoms with Crippen LogP contribution in [0, 0.1) is 0 Å². The molecule has 102 valence electrons. The first kappa shape index (κ1) is 15.1. The molecule has 0 aromatic carbocycles. The fourth-order valence-corrected chi connectivity index (χ4v) is 17.4. The summed E-state index contributed by atoms with van der Waals surface area (Å²) >= 11 is 2.44. The first-order valence-electron chi connectivity index (χ1n) is 6.63. The molecule has 0 N–H and O–H groups in total. The molecule has 0 aliphatic heterocycles. The minimum atomic E-state index is -1.89. The van der Waals surface area contributed by atoms with E-state index in [1.54, 1.807) is 24.6 Å². The molecule has 0 amide bonds. The van der Waals surface area contributed by atoms with Crippen molar-refractivity contribution < 1.29 is 0 Å². The van der Waals surface area contributed by atoms with E-state index in [4.69, 9.17) is 0 Å². The summed E-state index contributed by atoms with van der Waals surface area (Å²) in [6, 6.07) is 5.04. The van der Waals surface area contributed by atoms with Crippen LogP contribution in [0.5, 0.6) is 0 Å². The van der Waals surface area contributed by atoms with Crippen molar-refractivity contribution in [1.29, 1.82) is 0 Å². The molecule has 0 aliphatic rings. The molecule has 3 heterocycles. The Morgan fingerprint density at radius 1 is 0.737 bits per heavy atom. The van der Waals surface area contributed by atoms with Crippen molar-refractivity contribution in [3.63, 3.8) is 0 Å². The third-order valence-electron chi connectivity index (χ3n) is 3.32. The van der Waals surface area contributed by atoms with Gasteiger partial charge in [-0.3, -0.25) is 0 Å². The van der Waals surface area contributed by atoms with E-state index in [2.05, 4.69) is 64.4 Å². The monoisotopic (exact) mass is 524 g/mol. The van der Waals surface area contributed by atoms with E-state index in [1.807, 2.05) is 11.3 Å². The van der Waals surface area contributed by atoms with E-state index in [9.17, 15) is 0 Å². The van der Waals surface area contributed by atoms with Crippen LogP contribution in [0.25, 0.3) is 18.8 Å². The molecule has 0 nitrogen and oxygen atoms in total. The maximum absolute atomic E-state index is 2.54. The summed E-state index contributed by atoms with van der Waals surface area (Å²) in [5.41, 5.74) is 0. The number of rotatable bonds is 2. The Balaban J connectivity index is 2.22. The van der Waals surface area contributed by atoms with Crippen molar-refractivity contribution in [1.82, 2.24) is 0 Å². The quantitative estimate of drug-likeness (QED) is 0.403. The predicted molar refractivity (Wildman–Crippen MR) is 101 cm³/mol. The van der Waals surface area contributed by atoms with Crippen LogP contribution in [-0.2, 0) is 0 Å². The fourth-order valence-electron chi connectivity index (χ4n) is 2.09. The molecule has 0 aliphatic carbocycles. The van der Waals surface area contributed by atoms with Gasteiger partial charge in [0.1, 0.15) is 0 Å². The first-order valence-corrected chi connectivity index (χ1v) is 29.1. The molecule has 5 heteroatoms. The van der Waals surface area contributed by atoms with Gasteiger partial charge in [-0.05, 0) is 0 Å². The third-order valence-corrected chi connectivity index (χ3v) is 25.8. The molecule has 0 saturated carbocycles. The molecule has 3 aromatic heterocycles. The van der Waals surface area contributed by atoms with E-state index < -0.39 is 36.8 Å². The van der Waals surface area contributed by atoms with Gasteiger partial charge in [0, 0.05) is 0 Å². The number of hydrogen-bond donors (Lipinski definition) is 0. The van der Waals surface area contributed by atoms with E-state index in [0.717, 1.165) is 0 Å². The van der Waals surface area contributed by atoms with Crippen molar-refractivity contribution in [3.05, 3.63) is 12.1 Å². The summed E-state index contributed by atoms with van der Waals surface area (Å²) in [6.45, 7) is 0. The molecule has 0 fully saturated rings. The molecule has 0 spiro atoms. The van der Waals surface area contributed by atoms with Crippen LogP contribution < -0.4 is 5.79 Å². The SMILES string of the molecule is [CH3][Sn]([CH3])([CH3])[c]1cc2c(s1)sc1c[c]([Sn]([CH3])([CH3])[CH3])sc12. The Labute approximate surface area is 135 Å². The zero-order chi connectivity index (χ0) is 14.0. The Morgan fingerprint density at radius 2 is 1.32 bits per heavy atom. The van der Waals surface area contributed by atoms with Gasteiger partial charge in [0.15, 0.2) is 0 Å². The number of hydrogen-bond acceptors (Lipinski definition) is 3. The first-order chi connectivity index (χ1) is 8.66. The van der Waals surface area contributed by atoms with E-state index in [-0.39, 0.29) is 0 Å². The van der Waals surface area contributed by atoms with Gasteiger partial charge >= 0.3 is 137 Å². The summed E-state index contributed by atoms with van der Waals surface area (Å²) in [5, 5.41) is 1.57. The summed E-state index contributed by atoms with van der Waals surface area (Å²) < 4.78 is 8.15. The van der Waals surface area contributed by atoms with Crippen LogP contribution >= 0.6 is 34.0 Å². The molecule has 0 bridgehead atoms. The van der Waals surface area contributed by atoms with Gasteiger partial charge in [0.25, 0.3) is 0 Å². The van der Waals surface area contributed by atoms with Crippen molar-refractivity contribution >= 4 is 95.4 Å². The fraction of sp³-hybridized carbons (Fsp3) is 0.429. The van der Waals surface area contributed by atoms with Crippen LogP contribution in [-0.4, -0.2) is 36.8 Å². The standard InChI is InChI=1S/C8H2S3.6CH3.2Sn/c1-3-10-8-5(1)7-6(11-8)2-4-9-7;;;;;;;;/h1-2H;6*1H3;;. The molecule has 0 radical (unpaired) electrons. The molecular weight excluding hydrogens is 502 g/mol. The molecule has 0 atom stereocenters. The minimum absolute atomic E-state index is 1.54. The van der Waals surface area contributed by atoms with Crippen molar-refractivity contribution in [3.8, 4) is 0 Å². The van der Waals surface area contributed by atoms with Gasteiger partial charge in [-0.25, -0.2) is 0 Å².